The average molecular weight is 371 g/mol. The average Bonchev–Trinajstić information content (AvgIpc) is 3.13. The van der Waals surface area contributed by atoms with Gasteiger partial charge in [-0.25, -0.2) is 4.79 Å². The van der Waals surface area contributed by atoms with Gasteiger partial charge in [0.1, 0.15) is 11.3 Å². The van der Waals surface area contributed by atoms with Crippen molar-refractivity contribution < 1.29 is 14.3 Å². The van der Waals surface area contributed by atoms with Crippen LogP contribution in [0.5, 0.6) is 5.75 Å². The molecule has 26 heavy (non-hydrogen) atoms. The van der Waals surface area contributed by atoms with E-state index in [9.17, 15) is 9.59 Å². The Morgan fingerprint density at radius 1 is 1.12 bits per heavy atom. The summed E-state index contributed by atoms with van der Waals surface area (Å²) in [4.78, 5) is 26.7. The number of amides is 3. The van der Waals surface area contributed by atoms with Gasteiger partial charge >= 0.3 is 6.03 Å². The highest BCUT2D eigenvalue weighted by Gasteiger charge is 2.54. The second-order valence-corrected chi connectivity index (χ2v) is 7.04. The molecule has 2 aromatic carbocycles. The van der Waals surface area contributed by atoms with Crippen molar-refractivity contribution in [3.8, 4) is 5.75 Å². The number of nitrogens with one attached hydrogen (secondary N) is 1. The van der Waals surface area contributed by atoms with Gasteiger partial charge in [-0.15, -0.1) is 0 Å². The summed E-state index contributed by atoms with van der Waals surface area (Å²) in [5.74, 6) is 0.562. The molecule has 1 N–H and O–H groups in total. The lowest BCUT2D eigenvalue weighted by Gasteiger charge is -2.22. The summed E-state index contributed by atoms with van der Waals surface area (Å²) in [5, 5.41) is 3.58. The first kappa shape index (κ1) is 16.9. The molecule has 0 saturated carbocycles. The second-order valence-electron chi connectivity index (χ2n) is 6.61. The smallest absolute Gasteiger partial charge is 0.325 e. The van der Waals surface area contributed by atoms with Crippen molar-refractivity contribution in [2.24, 2.45) is 0 Å². The van der Waals surface area contributed by atoms with Gasteiger partial charge in [0.2, 0.25) is 0 Å². The van der Waals surface area contributed by atoms with Crippen LogP contribution in [0.3, 0.4) is 0 Å². The van der Waals surface area contributed by atoms with E-state index in [1.54, 1.807) is 24.3 Å². The van der Waals surface area contributed by atoms with E-state index in [4.69, 9.17) is 16.3 Å². The monoisotopic (exact) mass is 370 g/mol. The van der Waals surface area contributed by atoms with E-state index in [2.05, 4.69) is 5.32 Å². The molecule has 134 valence electrons. The third-order valence-corrected chi connectivity index (χ3v) is 5.28. The molecule has 0 radical (unpaired) electrons. The van der Waals surface area contributed by atoms with Crippen LogP contribution in [-0.2, 0) is 16.8 Å². The number of carbonyl (C=O) groups excluding carboxylic acids is 2. The summed E-state index contributed by atoms with van der Waals surface area (Å²) < 4.78 is 5.64. The molecule has 0 aromatic heterocycles. The van der Waals surface area contributed by atoms with Gasteiger partial charge in [-0.3, -0.25) is 9.69 Å². The third kappa shape index (κ3) is 2.82. The van der Waals surface area contributed by atoms with Crippen LogP contribution < -0.4 is 10.1 Å². The molecule has 2 aromatic rings. The first-order valence-corrected chi connectivity index (χ1v) is 9.09. The minimum Gasteiger partial charge on any atom is -0.494 e. The molecule has 5 nitrogen and oxygen atoms in total. The van der Waals surface area contributed by atoms with E-state index in [1.807, 2.05) is 24.3 Å². The zero-order valence-corrected chi connectivity index (χ0v) is 15.0. The summed E-state index contributed by atoms with van der Waals surface area (Å²) in [6.07, 6.45) is 1.99. The van der Waals surface area contributed by atoms with Gasteiger partial charge in [0.05, 0.1) is 6.61 Å². The number of halogens is 1. The number of carbonyl (C=O) groups is 2. The highest BCUT2D eigenvalue weighted by Crippen LogP contribution is 2.41. The number of aryl methyl sites for hydroxylation is 1. The standard InChI is InChI=1S/C20H19ClN2O3/c21-15-6-8-16(9-7-15)26-13-3-12-23-18(24)20(22-19(23)25)11-10-14-4-1-2-5-17(14)20/h1-2,4-9H,3,10-13H2,(H,22,25)/t20-/m0/s1. The number of imide groups is 1. The van der Waals surface area contributed by atoms with Gasteiger partial charge in [-0.05, 0) is 54.7 Å². The largest absolute Gasteiger partial charge is 0.494 e. The van der Waals surface area contributed by atoms with Crippen LogP contribution in [-0.4, -0.2) is 30.0 Å². The van der Waals surface area contributed by atoms with Crippen LogP contribution in [0.2, 0.25) is 5.02 Å². The maximum Gasteiger partial charge on any atom is 0.325 e. The van der Waals surface area contributed by atoms with Gasteiger partial charge in [0.15, 0.2) is 0 Å². The number of benzene rings is 2. The lowest BCUT2D eigenvalue weighted by atomic mass is 9.92. The normalized spacial score (nSPS) is 21.2. The molecule has 1 spiro atoms. The fourth-order valence-electron chi connectivity index (χ4n) is 3.74. The number of hydrogen-bond donors (Lipinski definition) is 1. The minimum absolute atomic E-state index is 0.154. The minimum atomic E-state index is -0.884. The van der Waals surface area contributed by atoms with E-state index in [0.29, 0.717) is 36.8 Å². The summed E-state index contributed by atoms with van der Waals surface area (Å²) in [6.45, 7) is 0.754. The van der Waals surface area contributed by atoms with Crippen molar-refractivity contribution in [2.75, 3.05) is 13.2 Å². The molecule has 4 rings (SSSR count). The molecular weight excluding hydrogens is 352 g/mol. The number of rotatable bonds is 5. The Kier molecular flexibility index (Phi) is 4.32. The van der Waals surface area contributed by atoms with Crippen LogP contribution in [0.15, 0.2) is 48.5 Å². The third-order valence-electron chi connectivity index (χ3n) is 5.03. The Balaban J connectivity index is 1.39. The maximum absolute atomic E-state index is 13.0. The topological polar surface area (TPSA) is 58.6 Å². The fourth-order valence-corrected chi connectivity index (χ4v) is 3.86. The first-order chi connectivity index (χ1) is 12.6. The van der Waals surface area contributed by atoms with E-state index < -0.39 is 5.54 Å². The first-order valence-electron chi connectivity index (χ1n) is 8.71. The molecule has 1 saturated heterocycles. The van der Waals surface area contributed by atoms with Crippen LogP contribution in [0.25, 0.3) is 0 Å². The predicted molar refractivity (Wildman–Crippen MR) is 98.2 cm³/mol. The van der Waals surface area contributed by atoms with Gasteiger partial charge in [-0.2, -0.15) is 0 Å². The zero-order chi connectivity index (χ0) is 18.1. The fraction of sp³-hybridized carbons (Fsp3) is 0.300. The Bertz CT molecular complexity index is 852. The highest BCUT2D eigenvalue weighted by atomic mass is 35.5. The van der Waals surface area contributed by atoms with Crippen molar-refractivity contribution in [3.63, 3.8) is 0 Å². The number of urea groups is 1. The maximum atomic E-state index is 13.0. The number of ether oxygens (including phenoxy) is 1. The number of nitrogens with zero attached hydrogens (tertiary/aromatic N) is 1. The lowest BCUT2D eigenvalue weighted by Crippen LogP contribution is -2.42. The molecule has 1 atom stereocenters. The molecule has 0 unspecified atom stereocenters. The number of fused-ring (bicyclic) bond motifs is 2. The molecule has 1 heterocycles. The quantitative estimate of drug-likeness (QED) is 0.647. The summed E-state index contributed by atoms with van der Waals surface area (Å²) >= 11 is 5.84. The van der Waals surface area contributed by atoms with Gasteiger partial charge in [0.25, 0.3) is 5.91 Å². The highest BCUT2D eigenvalue weighted by molar-refractivity contribution is 6.30. The van der Waals surface area contributed by atoms with E-state index in [0.717, 1.165) is 17.5 Å². The Morgan fingerprint density at radius 2 is 1.88 bits per heavy atom. The van der Waals surface area contributed by atoms with Gasteiger partial charge < -0.3 is 10.1 Å². The zero-order valence-electron chi connectivity index (χ0n) is 14.2. The van der Waals surface area contributed by atoms with Crippen LogP contribution in [0.1, 0.15) is 24.0 Å². The SMILES string of the molecule is O=C1N[C@]2(CCc3ccccc32)C(=O)N1CCCOc1ccc(Cl)cc1. The molecule has 1 aliphatic heterocycles. The lowest BCUT2D eigenvalue weighted by molar-refractivity contribution is -0.131. The molecular formula is C20H19ClN2O3. The van der Waals surface area contributed by atoms with Crippen LogP contribution >= 0.6 is 11.6 Å². The molecule has 1 fully saturated rings. The summed E-state index contributed by atoms with van der Waals surface area (Å²) in [7, 11) is 0. The van der Waals surface area contributed by atoms with Crippen LogP contribution in [0, 0.1) is 0 Å². The van der Waals surface area contributed by atoms with Crippen molar-refractivity contribution in [1.82, 2.24) is 10.2 Å². The number of hydrogen-bond acceptors (Lipinski definition) is 3. The van der Waals surface area contributed by atoms with Crippen molar-refractivity contribution >= 4 is 23.5 Å². The van der Waals surface area contributed by atoms with Crippen molar-refractivity contribution in [2.45, 2.75) is 24.8 Å². The molecule has 0 bridgehead atoms. The molecule has 3 amide bonds. The summed E-state index contributed by atoms with van der Waals surface area (Å²) in [6, 6.07) is 14.6. The molecule has 1 aliphatic carbocycles. The molecule has 6 heteroatoms. The van der Waals surface area contributed by atoms with E-state index in [-0.39, 0.29) is 11.9 Å². The van der Waals surface area contributed by atoms with Crippen LogP contribution in [0.4, 0.5) is 4.79 Å². The van der Waals surface area contributed by atoms with Gasteiger partial charge in [0, 0.05) is 11.6 Å². The van der Waals surface area contributed by atoms with Crippen molar-refractivity contribution in [3.05, 3.63) is 64.7 Å². The Hall–Kier alpha value is -2.53. The Labute approximate surface area is 156 Å². The van der Waals surface area contributed by atoms with Gasteiger partial charge in [-0.1, -0.05) is 35.9 Å². The van der Waals surface area contributed by atoms with Crippen molar-refractivity contribution in [1.29, 1.82) is 0 Å². The summed E-state index contributed by atoms with van der Waals surface area (Å²) in [5.41, 5.74) is 1.18. The van der Waals surface area contributed by atoms with E-state index >= 15 is 0 Å². The predicted octanol–water partition coefficient (Wildman–Crippen LogP) is 3.50. The second kappa shape index (κ2) is 6.65. The van der Waals surface area contributed by atoms with E-state index in [1.165, 1.54) is 4.90 Å². The molecule has 2 aliphatic rings. The Morgan fingerprint density at radius 3 is 2.69 bits per heavy atom.